The van der Waals surface area contributed by atoms with Gasteiger partial charge < -0.3 is 10.2 Å². The molecular weight excluding hydrogens is 476 g/mol. The molecule has 0 bridgehead atoms. The molecule has 4 heterocycles. The maximum atomic E-state index is 12.0. The van der Waals surface area contributed by atoms with Crippen molar-refractivity contribution >= 4 is 27.5 Å². The van der Waals surface area contributed by atoms with Gasteiger partial charge in [-0.15, -0.1) is 10.2 Å². The highest BCUT2D eigenvalue weighted by Gasteiger charge is 2.26. The van der Waals surface area contributed by atoms with Crippen LogP contribution >= 0.6 is 15.9 Å². The van der Waals surface area contributed by atoms with Gasteiger partial charge in [0.2, 0.25) is 0 Å². The molecule has 32 heavy (non-hydrogen) atoms. The lowest BCUT2D eigenvalue weighted by atomic mass is 10.0. The van der Waals surface area contributed by atoms with Gasteiger partial charge in [0.25, 0.3) is 0 Å². The Bertz CT molecular complexity index is 1490. The minimum Gasteiger partial charge on any atom is -0.508 e. The molecular formula is C22H13BrN6O3. The predicted molar refractivity (Wildman–Crippen MR) is 119 cm³/mol. The third kappa shape index (κ3) is 3.36. The van der Waals surface area contributed by atoms with Crippen molar-refractivity contribution in [3.8, 4) is 39.5 Å². The standard InChI is InChI=1S/C22H13BrN6O3/c23-16-6-2-5-15(25-16)20-19(22(31)32)26-27-21-17(13-3-1-4-14(30)11-13)18(28-29(20)21)12-7-9-24-10-8-12/h1-11,30H,(H,31,32). The van der Waals surface area contributed by atoms with Gasteiger partial charge in [-0.3, -0.25) is 4.98 Å². The highest BCUT2D eigenvalue weighted by Crippen LogP contribution is 2.37. The van der Waals surface area contributed by atoms with Crippen LogP contribution in [0, 0.1) is 0 Å². The summed E-state index contributed by atoms with van der Waals surface area (Å²) in [5, 5.41) is 32.7. The number of hydrogen-bond donors (Lipinski definition) is 2. The Morgan fingerprint density at radius 1 is 0.969 bits per heavy atom. The number of fused-ring (bicyclic) bond motifs is 1. The van der Waals surface area contributed by atoms with Crippen LogP contribution in [0.15, 0.2) is 71.6 Å². The number of phenols is 1. The lowest BCUT2D eigenvalue weighted by Crippen LogP contribution is -2.11. The largest absolute Gasteiger partial charge is 0.508 e. The fraction of sp³-hybridized carbons (Fsp3) is 0. The molecule has 1 aromatic carbocycles. The van der Waals surface area contributed by atoms with Crippen molar-refractivity contribution in [2.45, 2.75) is 0 Å². The van der Waals surface area contributed by atoms with E-state index in [0.29, 0.717) is 32.8 Å². The number of carbonyl (C=O) groups is 1. The Morgan fingerprint density at radius 3 is 2.47 bits per heavy atom. The number of aromatic nitrogens is 6. The van der Waals surface area contributed by atoms with Crippen LogP contribution in [0.1, 0.15) is 10.5 Å². The van der Waals surface area contributed by atoms with Gasteiger partial charge in [0.05, 0.1) is 11.3 Å². The molecule has 9 nitrogen and oxygen atoms in total. The van der Waals surface area contributed by atoms with Crippen molar-refractivity contribution in [1.29, 1.82) is 0 Å². The van der Waals surface area contributed by atoms with Gasteiger partial charge in [-0.2, -0.15) is 5.10 Å². The van der Waals surface area contributed by atoms with Crippen molar-refractivity contribution in [2.24, 2.45) is 0 Å². The first-order chi connectivity index (χ1) is 15.5. The first-order valence-electron chi connectivity index (χ1n) is 9.38. The minimum absolute atomic E-state index is 0.0755. The van der Waals surface area contributed by atoms with Gasteiger partial charge in [-0.1, -0.05) is 18.2 Å². The van der Waals surface area contributed by atoms with Crippen molar-refractivity contribution < 1.29 is 15.0 Å². The minimum atomic E-state index is -1.25. The Morgan fingerprint density at radius 2 is 1.75 bits per heavy atom. The zero-order chi connectivity index (χ0) is 22.2. The number of nitrogens with zero attached hydrogens (tertiary/aromatic N) is 6. The quantitative estimate of drug-likeness (QED) is 0.362. The first-order valence-corrected chi connectivity index (χ1v) is 10.2. The van der Waals surface area contributed by atoms with E-state index in [1.807, 2.05) is 6.07 Å². The molecule has 0 radical (unpaired) electrons. The van der Waals surface area contributed by atoms with Crippen LogP contribution in [0.3, 0.4) is 0 Å². The zero-order valence-corrected chi connectivity index (χ0v) is 17.8. The molecule has 0 aliphatic rings. The van der Waals surface area contributed by atoms with Crippen molar-refractivity contribution in [2.75, 3.05) is 0 Å². The number of pyridine rings is 2. The van der Waals surface area contributed by atoms with Gasteiger partial charge in [-0.25, -0.2) is 14.3 Å². The van der Waals surface area contributed by atoms with Crippen molar-refractivity contribution in [1.82, 2.24) is 29.8 Å². The molecule has 0 aliphatic heterocycles. The SMILES string of the molecule is O=C(O)c1nnc2c(-c3cccc(O)c3)c(-c3ccncc3)nn2c1-c1cccc(Br)n1. The highest BCUT2D eigenvalue weighted by atomic mass is 79.9. The summed E-state index contributed by atoms with van der Waals surface area (Å²) in [6.45, 7) is 0. The molecule has 0 spiro atoms. The summed E-state index contributed by atoms with van der Waals surface area (Å²) in [4.78, 5) is 20.4. The van der Waals surface area contributed by atoms with E-state index in [1.165, 1.54) is 4.52 Å². The van der Waals surface area contributed by atoms with E-state index in [2.05, 4.69) is 36.1 Å². The van der Waals surface area contributed by atoms with E-state index in [1.54, 1.807) is 60.9 Å². The third-order valence-electron chi connectivity index (χ3n) is 4.79. The number of halogens is 1. The molecule has 0 fully saturated rings. The summed E-state index contributed by atoms with van der Waals surface area (Å²) in [7, 11) is 0. The van der Waals surface area contributed by atoms with Gasteiger partial charge >= 0.3 is 5.97 Å². The average molecular weight is 489 g/mol. The van der Waals surface area contributed by atoms with E-state index in [9.17, 15) is 15.0 Å². The second kappa shape index (κ2) is 7.82. The maximum Gasteiger partial charge on any atom is 0.358 e. The smallest absolute Gasteiger partial charge is 0.358 e. The molecule has 2 N–H and O–H groups in total. The van der Waals surface area contributed by atoms with E-state index >= 15 is 0 Å². The average Bonchev–Trinajstić information content (AvgIpc) is 3.18. The molecule has 0 aliphatic carbocycles. The fourth-order valence-corrected chi connectivity index (χ4v) is 3.80. The second-order valence-corrected chi connectivity index (χ2v) is 7.61. The number of phenolic OH excluding ortho intramolecular Hbond substituents is 1. The number of aromatic hydroxyl groups is 1. The number of carboxylic acids is 1. The fourth-order valence-electron chi connectivity index (χ4n) is 3.46. The lowest BCUT2D eigenvalue weighted by molar-refractivity contribution is 0.0689. The summed E-state index contributed by atoms with van der Waals surface area (Å²) in [5.74, 6) is -1.18. The van der Waals surface area contributed by atoms with Gasteiger partial charge in [0.15, 0.2) is 11.3 Å². The lowest BCUT2D eigenvalue weighted by Gasteiger charge is -2.07. The van der Waals surface area contributed by atoms with E-state index in [-0.39, 0.29) is 17.1 Å². The zero-order valence-electron chi connectivity index (χ0n) is 16.2. The predicted octanol–water partition coefficient (Wildman–Crippen LogP) is 4.08. The Kier molecular flexibility index (Phi) is 4.83. The molecule has 0 unspecified atom stereocenters. The Labute approximate surface area is 189 Å². The number of carboxylic acid groups (broad SMARTS) is 1. The van der Waals surface area contributed by atoms with Crippen molar-refractivity contribution in [3.05, 3.63) is 77.3 Å². The number of aromatic carboxylic acids is 1. The first kappa shape index (κ1) is 19.8. The molecule has 5 rings (SSSR count). The maximum absolute atomic E-state index is 12.0. The van der Waals surface area contributed by atoms with Gasteiger partial charge in [0, 0.05) is 18.0 Å². The summed E-state index contributed by atoms with van der Waals surface area (Å²) < 4.78 is 1.96. The molecule has 0 atom stereocenters. The molecule has 156 valence electrons. The van der Waals surface area contributed by atoms with Crippen molar-refractivity contribution in [3.63, 3.8) is 0 Å². The van der Waals surface area contributed by atoms with Crippen LogP contribution in [0.25, 0.3) is 39.4 Å². The van der Waals surface area contributed by atoms with Gasteiger partial charge in [-0.05, 0) is 57.9 Å². The summed E-state index contributed by atoms with van der Waals surface area (Å²) in [5.41, 5.74) is 3.11. The second-order valence-electron chi connectivity index (χ2n) is 6.79. The Hall–Kier alpha value is -4.18. The summed E-state index contributed by atoms with van der Waals surface area (Å²) in [6.07, 6.45) is 3.27. The monoisotopic (exact) mass is 488 g/mol. The van der Waals surface area contributed by atoms with Crippen LogP contribution in [-0.4, -0.2) is 46.0 Å². The van der Waals surface area contributed by atoms with E-state index in [4.69, 9.17) is 5.10 Å². The number of hydrogen-bond acceptors (Lipinski definition) is 7. The summed E-state index contributed by atoms with van der Waals surface area (Å²) >= 11 is 3.33. The molecule has 10 heteroatoms. The number of benzene rings is 1. The van der Waals surface area contributed by atoms with E-state index < -0.39 is 5.97 Å². The summed E-state index contributed by atoms with van der Waals surface area (Å²) in [6, 6.07) is 15.4. The van der Waals surface area contributed by atoms with Crippen LogP contribution in [-0.2, 0) is 0 Å². The molecule has 4 aromatic heterocycles. The van der Waals surface area contributed by atoms with Crippen LogP contribution in [0.5, 0.6) is 5.75 Å². The normalized spacial score (nSPS) is 11.0. The van der Waals surface area contributed by atoms with Gasteiger partial charge in [0.1, 0.15) is 21.7 Å². The highest BCUT2D eigenvalue weighted by molar-refractivity contribution is 9.10. The van der Waals surface area contributed by atoms with E-state index in [0.717, 1.165) is 5.56 Å². The topological polar surface area (TPSA) is 126 Å². The molecule has 0 saturated heterocycles. The van der Waals surface area contributed by atoms with Crippen LogP contribution < -0.4 is 0 Å². The molecule has 0 saturated carbocycles. The molecule has 0 amide bonds. The number of rotatable bonds is 4. The third-order valence-corrected chi connectivity index (χ3v) is 5.23. The Balaban J connectivity index is 1.92. The molecule has 5 aromatic rings. The van der Waals surface area contributed by atoms with Crippen LogP contribution in [0.2, 0.25) is 0 Å². The van der Waals surface area contributed by atoms with Crippen LogP contribution in [0.4, 0.5) is 0 Å².